The Balaban J connectivity index is 2.16. The molecule has 2 aromatic rings. The van der Waals surface area contributed by atoms with Gasteiger partial charge in [0.1, 0.15) is 0 Å². The Kier molecular flexibility index (Phi) is 4.62. The van der Waals surface area contributed by atoms with E-state index in [1.54, 1.807) is 18.3 Å². The minimum Gasteiger partial charge on any atom is -0.324 e. The molecule has 1 unspecified atom stereocenters. The van der Waals surface area contributed by atoms with E-state index in [0.29, 0.717) is 16.5 Å². The van der Waals surface area contributed by atoms with E-state index in [1.807, 2.05) is 18.3 Å². The molecule has 2 N–H and O–H groups in total. The van der Waals surface area contributed by atoms with E-state index in [0.717, 1.165) is 15.6 Å². The van der Waals surface area contributed by atoms with Crippen LogP contribution in [0.3, 0.4) is 0 Å². The highest BCUT2D eigenvalue weighted by Gasteiger charge is 2.09. The Labute approximate surface area is 124 Å². The average Bonchev–Trinajstić information content (AvgIpc) is 2.32. The van der Waals surface area contributed by atoms with Crippen LogP contribution in [0.2, 0.25) is 10.0 Å². The van der Waals surface area contributed by atoms with Crippen LogP contribution in [0.4, 0.5) is 0 Å². The monoisotopic (exact) mass is 344 g/mol. The second-order valence-electron chi connectivity index (χ2n) is 4.00. The van der Waals surface area contributed by atoms with E-state index in [1.165, 1.54) is 0 Å². The van der Waals surface area contributed by atoms with Crippen LogP contribution in [0.25, 0.3) is 0 Å². The van der Waals surface area contributed by atoms with Crippen molar-refractivity contribution < 1.29 is 0 Å². The molecule has 0 fully saturated rings. The zero-order valence-corrected chi connectivity index (χ0v) is 12.5. The zero-order valence-electron chi connectivity index (χ0n) is 9.41. The van der Waals surface area contributed by atoms with Crippen molar-refractivity contribution in [2.75, 3.05) is 0 Å². The molecule has 0 saturated heterocycles. The van der Waals surface area contributed by atoms with Gasteiger partial charge < -0.3 is 5.73 Å². The van der Waals surface area contributed by atoms with Crippen LogP contribution in [0.15, 0.2) is 41.1 Å². The zero-order chi connectivity index (χ0) is 13.1. The lowest BCUT2D eigenvalue weighted by atomic mass is 10.0. The number of hydrogen-bond acceptors (Lipinski definition) is 2. The van der Waals surface area contributed by atoms with Crippen LogP contribution in [-0.4, -0.2) is 4.98 Å². The highest BCUT2D eigenvalue weighted by molar-refractivity contribution is 9.10. The number of pyridine rings is 1. The third kappa shape index (κ3) is 3.45. The van der Waals surface area contributed by atoms with Crippen LogP contribution in [-0.2, 0) is 6.42 Å². The van der Waals surface area contributed by atoms with Gasteiger partial charge in [0, 0.05) is 22.9 Å². The predicted octanol–water partition coefficient (Wildman–Crippen LogP) is 4.39. The molecule has 18 heavy (non-hydrogen) atoms. The third-order valence-corrected chi connectivity index (χ3v) is 3.76. The predicted molar refractivity (Wildman–Crippen MR) is 79.0 cm³/mol. The molecule has 0 aliphatic heterocycles. The van der Waals surface area contributed by atoms with Gasteiger partial charge in [-0.05, 0) is 51.7 Å². The Morgan fingerprint density at radius 2 is 1.94 bits per heavy atom. The normalized spacial score (nSPS) is 12.4. The van der Waals surface area contributed by atoms with Crippen LogP contribution < -0.4 is 5.73 Å². The topological polar surface area (TPSA) is 38.9 Å². The minimum atomic E-state index is -0.129. The number of halogens is 3. The van der Waals surface area contributed by atoms with Crippen molar-refractivity contribution >= 4 is 39.1 Å². The largest absolute Gasteiger partial charge is 0.324 e. The molecule has 0 saturated carbocycles. The van der Waals surface area contributed by atoms with Gasteiger partial charge in [-0.1, -0.05) is 29.3 Å². The van der Waals surface area contributed by atoms with Crippen molar-refractivity contribution in [1.29, 1.82) is 0 Å². The van der Waals surface area contributed by atoms with Gasteiger partial charge in [0.25, 0.3) is 0 Å². The smallest absolute Gasteiger partial charge is 0.0595 e. The highest BCUT2D eigenvalue weighted by Crippen LogP contribution is 2.26. The Hall–Kier alpha value is -0.610. The first-order chi connectivity index (χ1) is 8.56. The summed E-state index contributed by atoms with van der Waals surface area (Å²) in [6.07, 6.45) is 4.25. The van der Waals surface area contributed by atoms with E-state index in [4.69, 9.17) is 28.9 Å². The molecule has 1 aromatic heterocycles. The molecule has 1 atom stereocenters. The van der Waals surface area contributed by atoms with Crippen molar-refractivity contribution in [3.8, 4) is 0 Å². The first kappa shape index (κ1) is 13.8. The molecule has 2 rings (SSSR count). The molecule has 0 amide bonds. The summed E-state index contributed by atoms with van der Waals surface area (Å²) in [5.41, 5.74) is 8.19. The summed E-state index contributed by atoms with van der Waals surface area (Å²) in [5, 5.41) is 1.06. The van der Waals surface area contributed by atoms with Crippen LogP contribution >= 0.6 is 39.1 Å². The van der Waals surface area contributed by atoms with Crippen molar-refractivity contribution in [3.05, 3.63) is 62.3 Å². The lowest BCUT2D eigenvalue weighted by Crippen LogP contribution is -2.13. The van der Waals surface area contributed by atoms with Gasteiger partial charge in [-0.2, -0.15) is 0 Å². The number of nitrogens with zero attached hydrogens (tertiary/aromatic N) is 1. The van der Waals surface area contributed by atoms with Gasteiger partial charge in [-0.3, -0.25) is 4.98 Å². The fraction of sp³-hybridized carbons (Fsp3) is 0.154. The molecule has 0 aliphatic rings. The summed E-state index contributed by atoms with van der Waals surface area (Å²) in [4.78, 5) is 4.11. The summed E-state index contributed by atoms with van der Waals surface area (Å²) >= 11 is 15.2. The lowest BCUT2D eigenvalue weighted by Gasteiger charge is -2.13. The summed E-state index contributed by atoms with van der Waals surface area (Å²) in [6, 6.07) is 7.34. The maximum Gasteiger partial charge on any atom is 0.0595 e. The maximum atomic E-state index is 6.15. The number of nitrogens with two attached hydrogens (primary N) is 1. The van der Waals surface area contributed by atoms with Gasteiger partial charge in [0.15, 0.2) is 0 Å². The van der Waals surface area contributed by atoms with Crippen molar-refractivity contribution in [2.24, 2.45) is 5.73 Å². The average molecular weight is 346 g/mol. The van der Waals surface area contributed by atoms with Crippen LogP contribution in [0, 0.1) is 0 Å². The summed E-state index contributed by atoms with van der Waals surface area (Å²) < 4.78 is 0.946. The van der Waals surface area contributed by atoms with E-state index in [-0.39, 0.29) is 6.04 Å². The van der Waals surface area contributed by atoms with Crippen LogP contribution in [0.5, 0.6) is 0 Å². The molecule has 0 radical (unpaired) electrons. The molecule has 2 nitrogen and oxygen atoms in total. The van der Waals surface area contributed by atoms with E-state index in [9.17, 15) is 0 Å². The number of aromatic nitrogens is 1. The quantitative estimate of drug-likeness (QED) is 0.895. The lowest BCUT2D eigenvalue weighted by molar-refractivity contribution is 0.719. The third-order valence-electron chi connectivity index (χ3n) is 2.59. The molecular weight excluding hydrogens is 335 g/mol. The number of hydrogen-bond donors (Lipinski definition) is 1. The second-order valence-corrected chi connectivity index (χ2v) is 5.73. The van der Waals surface area contributed by atoms with E-state index in [2.05, 4.69) is 20.9 Å². The van der Waals surface area contributed by atoms with Crippen molar-refractivity contribution in [2.45, 2.75) is 12.5 Å². The first-order valence-corrected chi connectivity index (χ1v) is 6.91. The standard InChI is InChI=1S/C13H11BrCl2N2/c14-10-3-8(6-18-7-10)4-13(17)9-1-2-11(15)12(16)5-9/h1-3,5-7,13H,4,17H2. The van der Waals surface area contributed by atoms with Gasteiger partial charge in [-0.25, -0.2) is 0 Å². The van der Waals surface area contributed by atoms with Gasteiger partial charge in [0.05, 0.1) is 10.0 Å². The van der Waals surface area contributed by atoms with E-state index < -0.39 is 0 Å². The number of benzene rings is 1. The fourth-order valence-electron chi connectivity index (χ4n) is 1.68. The molecule has 0 spiro atoms. The fourth-order valence-corrected chi connectivity index (χ4v) is 2.40. The van der Waals surface area contributed by atoms with Crippen molar-refractivity contribution in [3.63, 3.8) is 0 Å². The minimum absolute atomic E-state index is 0.129. The summed E-state index contributed by atoms with van der Waals surface area (Å²) in [6.45, 7) is 0. The second kappa shape index (κ2) is 6.02. The Bertz CT molecular complexity index is 560. The molecule has 0 aliphatic carbocycles. The van der Waals surface area contributed by atoms with Gasteiger partial charge in [-0.15, -0.1) is 0 Å². The Morgan fingerprint density at radius 1 is 1.17 bits per heavy atom. The van der Waals surface area contributed by atoms with Gasteiger partial charge in [0.2, 0.25) is 0 Å². The molecule has 1 heterocycles. The molecule has 1 aromatic carbocycles. The van der Waals surface area contributed by atoms with Crippen molar-refractivity contribution in [1.82, 2.24) is 4.98 Å². The Morgan fingerprint density at radius 3 is 2.61 bits per heavy atom. The van der Waals surface area contributed by atoms with E-state index >= 15 is 0 Å². The SMILES string of the molecule is NC(Cc1cncc(Br)c1)c1ccc(Cl)c(Cl)c1. The van der Waals surface area contributed by atoms with Gasteiger partial charge >= 0.3 is 0 Å². The molecule has 5 heteroatoms. The maximum absolute atomic E-state index is 6.15. The van der Waals surface area contributed by atoms with Crippen LogP contribution in [0.1, 0.15) is 17.2 Å². The summed E-state index contributed by atoms with van der Waals surface area (Å²) in [7, 11) is 0. The first-order valence-electron chi connectivity index (χ1n) is 5.36. The number of rotatable bonds is 3. The molecule has 94 valence electrons. The summed E-state index contributed by atoms with van der Waals surface area (Å²) in [5.74, 6) is 0. The molecule has 0 bridgehead atoms. The molecular formula is C13H11BrCl2N2. The highest BCUT2D eigenvalue weighted by atomic mass is 79.9.